The normalized spacial score (nSPS) is 11.3. The van der Waals surface area contributed by atoms with Crippen molar-refractivity contribution < 1.29 is 19.1 Å². The molecule has 3 amide bonds. The number of ether oxygens (including phenoxy) is 1. The van der Waals surface area contributed by atoms with Gasteiger partial charge in [-0.2, -0.15) is 0 Å². The summed E-state index contributed by atoms with van der Waals surface area (Å²) < 4.78 is 4.91. The van der Waals surface area contributed by atoms with Crippen LogP contribution in [-0.2, 0) is 9.53 Å². The van der Waals surface area contributed by atoms with Gasteiger partial charge in [0.15, 0.2) is 6.10 Å². The van der Waals surface area contributed by atoms with Gasteiger partial charge >= 0.3 is 12.0 Å². The molecule has 0 aromatic heterocycles. The zero-order valence-electron chi connectivity index (χ0n) is 10.9. The lowest BCUT2D eigenvalue weighted by Crippen LogP contribution is -2.43. The number of esters is 1. The molecule has 0 spiro atoms. The molecule has 1 rings (SSSR count). The summed E-state index contributed by atoms with van der Waals surface area (Å²) in [4.78, 5) is 34.4. The standard InChI is InChI=1S/C12H14ClN3O4/c1-6(10(17)16-12(19)15-2)20-11(18)9-7(13)4-3-5-8(9)14/h3-6H,14H2,1-2H3,(H2,15,16,17,19). The minimum atomic E-state index is -1.17. The molecule has 0 aliphatic rings. The second-order valence-corrected chi connectivity index (χ2v) is 4.23. The van der Waals surface area contributed by atoms with Crippen molar-refractivity contribution in [1.29, 1.82) is 0 Å². The Bertz CT molecular complexity index is 527. The zero-order chi connectivity index (χ0) is 15.3. The Hall–Kier alpha value is -2.28. The van der Waals surface area contributed by atoms with Crippen molar-refractivity contribution in [1.82, 2.24) is 10.6 Å². The topological polar surface area (TPSA) is 111 Å². The molecule has 7 nitrogen and oxygen atoms in total. The van der Waals surface area contributed by atoms with Gasteiger partial charge in [-0.25, -0.2) is 9.59 Å². The molecule has 0 heterocycles. The Morgan fingerprint density at radius 1 is 1.35 bits per heavy atom. The summed E-state index contributed by atoms with van der Waals surface area (Å²) in [6.07, 6.45) is -1.17. The van der Waals surface area contributed by atoms with Gasteiger partial charge in [0.1, 0.15) is 5.56 Å². The summed E-state index contributed by atoms with van der Waals surface area (Å²) in [5, 5.41) is 4.31. The molecule has 1 aromatic rings. The first-order valence-corrected chi connectivity index (χ1v) is 6.02. The highest BCUT2D eigenvalue weighted by Gasteiger charge is 2.23. The third-order valence-electron chi connectivity index (χ3n) is 2.37. The summed E-state index contributed by atoms with van der Waals surface area (Å²) in [6, 6.07) is 3.84. The molecule has 1 aromatic carbocycles. The molecular formula is C12H14ClN3O4. The number of nitrogens with one attached hydrogen (secondary N) is 2. The van der Waals surface area contributed by atoms with Crippen molar-refractivity contribution in [2.75, 3.05) is 12.8 Å². The van der Waals surface area contributed by atoms with Gasteiger partial charge in [-0.3, -0.25) is 10.1 Å². The van der Waals surface area contributed by atoms with E-state index in [-0.39, 0.29) is 16.3 Å². The van der Waals surface area contributed by atoms with Crippen LogP contribution in [0.5, 0.6) is 0 Å². The Morgan fingerprint density at radius 3 is 2.55 bits per heavy atom. The largest absolute Gasteiger partial charge is 0.449 e. The number of amides is 3. The summed E-state index contributed by atoms with van der Waals surface area (Å²) in [5.74, 6) is -1.60. The van der Waals surface area contributed by atoms with E-state index in [2.05, 4.69) is 5.32 Å². The van der Waals surface area contributed by atoms with E-state index in [4.69, 9.17) is 22.1 Å². The molecule has 0 fully saturated rings. The number of hydrogen-bond donors (Lipinski definition) is 3. The second-order valence-electron chi connectivity index (χ2n) is 3.82. The highest BCUT2D eigenvalue weighted by atomic mass is 35.5. The van der Waals surface area contributed by atoms with Gasteiger partial charge in [0.25, 0.3) is 5.91 Å². The van der Waals surface area contributed by atoms with Crippen molar-refractivity contribution in [2.45, 2.75) is 13.0 Å². The summed E-state index contributed by atoms with van der Waals surface area (Å²) in [5.41, 5.74) is 5.75. The molecule has 1 atom stereocenters. The quantitative estimate of drug-likeness (QED) is 0.568. The fraction of sp³-hybridized carbons (Fsp3) is 0.250. The lowest BCUT2D eigenvalue weighted by molar-refractivity contribution is -0.127. The number of rotatable bonds is 3. The Balaban J connectivity index is 2.75. The summed E-state index contributed by atoms with van der Waals surface area (Å²) >= 11 is 5.85. The van der Waals surface area contributed by atoms with Crippen LogP contribution in [0, 0.1) is 0 Å². The molecule has 0 aliphatic heterocycles. The number of imide groups is 1. The minimum Gasteiger partial charge on any atom is -0.449 e. The van der Waals surface area contributed by atoms with Crippen molar-refractivity contribution in [2.24, 2.45) is 0 Å². The molecule has 4 N–H and O–H groups in total. The van der Waals surface area contributed by atoms with Crippen LogP contribution in [0.3, 0.4) is 0 Å². The summed E-state index contributed by atoms with van der Waals surface area (Å²) in [6.45, 7) is 1.32. The lowest BCUT2D eigenvalue weighted by atomic mass is 10.2. The van der Waals surface area contributed by atoms with E-state index in [1.54, 1.807) is 6.07 Å². The maximum atomic E-state index is 11.9. The van der Waals surface area contributed by atoms with E-state index < -0.39 is 24.0 Å². The van der Waals surface area contributed by atoms with Crippen molar-refractivity contribution in [3.63, 3.8) is 0 Å². The highest BCUT2D eigenvalue weighted by Crippen LogP contribution is 2.23. The Kier molecular flexibility index (Phi) is 5.33. The first-order valence-electron chi connectivity index (χ1n) is 5.64. The number of benzene rings is 1. The SMILES string of the molecule is CNC(=O)NC(=O)C(C)OC(=O)c1c(N)cccc1Cl. The van der Waals surface area contributed by atoms with Crippen LogP contribution in [-0.4, -0.2) is 31.1 Å². The molecule has 0 aliphatic carbocycles. The van der Waals surface area contributed by atoms with Gasteiger partial charge < -0.3 is 15.8 Å². The Morgan fingerprint density at radius 2 is 2.00 bits per heavy atom. The van der Waals surface area contributed by atoms with Crippen LogP contribution in [0.4, 0.5) is 10.5 Å². The molecule has 0 bridgehead atoms. The minimum absolute atomic E-state index is 0.0197. The van der Waals surface area contributed by atoms with E-state index in [1.165, 1.54) is 26.1 Å². The first-order chi connectivity index (χ1) is 9.36. The monoisotopic (exact) mass is 299 g/mol. The van der Waals surface area contributed by atoms with Gasteiger partial charge in [0, 0.05) is 12.7 Å². The van der Waals surface area contributed by atoms with Crippen molar-refractivity contribution in [3.8, 4) is 0 Å². The van der Waals surface area contributed by atoms with Gasteiger partial charge in [0.05, 0.1) is 5.02 Å². The number of carbonyl (C=O) groups is 3. The van der Waals surface area contributed by atoms with Crippen LogP contribution < -0.4 is 16.4 Å². The average Bonchev–Trinajstić information content (AvgIpc) is 2.38. The Labute approximate surface area is 120 Å². The van der Waals surface area contributed by atoms with Crippen LogP contribution in [0.15, 0.2) is 18.2 Å². The van der Waals surface area contributed by atoms with E-state index in [0.717, 1.165) is 0 Å². The van der Waals surface area contributed by atoms with Gasteiger partial charge in [0.2, 0.25) is 0 Å². The highest BCUT2D eigenvalue weighted by molar-refractivity contribution is 6.34. The van der Waals surface area contributed by atoms with E-state index in [0.29, 0.717) is 0 Å². The van der Waals surface area contributed by atoms with E-state index >= 15 is 0 Å². The fourth-order valence-electron chi connectivity index (χ4n) is 1.31. The van der Waals surface area contributed by atoms with E-state index in [1.807, 2.05) is 5.32 Å². The average molecular weight is 300 g/mol. The zero-order valence-corrected chi connectivity index (χ0v) is 11.7. The predicted molar refractivity (Wildman–Crippen MR) is 73.3 cm³/mol. The molecule has 20 heavy (non-hydrogen) atoms. The van der Waals surface area contributed by atoms with Crippen LogP contribution >= 0.6 is 11.6 Å². The number of hydrogen-bond acceptors (Lipinski definition) is 5. The van der Waals surface area contributed by atoms with Crippen molar-refractivity contribution >= 4 is 35.2 Å². The molecule has 0 saturated heterocycles. The molecule has 108 valence electrons. The maximum Gasteiger partial charge on any atom is 0.342 e. The number of anilines is 1. The van der Waals surface area contributed by atoms with Crippen LogP contribution in [0.1, 0.15) is 17.3 Å². The van der Waals surface area contributed by atoms with E-state index in [9.17, 15) is 14.4 Å². The molecule has 8 heteroatoms. The molecule has 1 unspecified atom stereocenters. The third kappa shape index (κ3) is 3.86. The second kappa shape index (κ2) is 6.76. The fourth-order valence-corrected chi connectivity index (χ4v) is 1.56. The number of nitrogen functional groups attached to an aromatic ring is 1. The van der Waals surface area contributed by atoms with Crippen molar-refractivity contribution in [3.05, 3.63) is 28.8 Å². The van der Waals surface area contributed by atoms with Crippen LogP contribution in [0.2, 0.25) is 5.02 Å². The third-order valence-corrected chi connectivity index (χ3v) is 2.68. The molecule has 0 radical (unpaired) electrons. The molecule has 0 saturated carbocycles. The predicted octanol–water partition coefficient (Wildman–Crippen LogP) is 0.923. The number of halogens is 1. The molecular weight excluding hydrogens is 286 g/mol. The van der Waals surface area contributed by atoms with Crippen LogP contribution in [0.25, 0.3) is 0 Å². The number of carbonyl (C=O) groups excluding carboxylic acids is 3. The number of urea groups is 1. The summed E-state index contributed by atoms with van der Waals surface area (Å²) in [7, 11) is 1.35. The number of nitrogens with two attached hydrogens (primary N) is 1. The lowest BCUT2D eigenvalue weighted by Gasteiger charge is -2.14. The first kappa shape index (κ1) is 15.8. The van der Waals surface area contributed by atoms with Gasteiger partial charge in [-0.15, -0.1) is 0 Å². The van der Waals surface area contributed by atoms with Gasteiger partial charge in [-0.1, -0.05) is 17.7 Å². The van der Waals surface area contributed by atoms with Gasteiger partial charge in [-0.05, 0) is 19.1 Å². The smallest absolute Gasteiger partial charge is 0.342 e. The maximum absolute atomic E-state index is 11.9.